The molecule has 2 heterocycles. The second-order valence-corrected chi connectivity index (χ2v) is 6.69. The molecule has 3 heteroatoms. The molecule has 2 N–H and O–H groups in total. The Morgan fingerprint density at radius 3 is 2.40 bits per heavy atom. The van der Waals surface area contributed by atoms with E-state index in [-0.39, 0.29) is 0 Å². The Labute approximate surface area is 123 Å². The predicted molar refractivity (Wildman–Crippen MR) is 84.7 cm³/mol. The van der Waals surface area contributed by atoms with Crippen molar-refractivity contribution in [2.75, 3.05) is 12.0 Å². The molecule has 2 aliphatic rings. The monoisotopic (exact) mass is 275 g/mol. The van der Waals surface area contributed by atoms with Crippen LogP contribution in [0.25, 0.3) is 0 Å². The van der Waals surface area contributed by atoms with E-state index in [1.807, 2.05) is 0 Å². The molecule has 2 fully saturated rings. The lowest BCUT2D eigenvalue weighted by molar-refractivity contribution is 0.209. The van der Waals surface area contributed by atoms with E-state index in [0.29, 0.717) is 6.04 Å². The molecule has 3 unspecified atom stereocenters. The van der Waals surface area contributed by atoms with Crippen LogP contribution in [0.5, 0.6) is 0 Å². The van der Waals surface area contributed by atoms with Gasteiger partial charge in [-0.1, -0.05) is 19.3 Å². The molecule has 3 atom stereocenters. The summed E-state index contributed by atoms with van der Waals surface area (Å²) in [7, 11) is 0. The van der Waals surface area contributed by atoms with Crippen LogP contribution in [0, 0.1) is 19.8 Å². The maximum atomic E-state index is 3.82. The highest BCUT2D eigenvalue weighted by Gasteiger charge is 2.32. The number of nitrogens with zero attached hydrogens (tertiary/aromatic N) is 1. The van der Waals surface area contributed by atoms with Gasteiger partial charge < -0.3 is 10.7 Å². The van der Waals surface area contributed by atoms with Gasteiger partial charge in [0.05, 0.1) is 0 Å². The fraction of sp³-hybridized carbons (Fsp3) is 0.765. The van der Waals surface area contributed by atoms with Crippen LogP contribution in [0.15, 0.2) is 12.1 Å². The van der Waals surface area contributed by atoms with Crippen molar-refractivity contribution >= 4 is 0 Å². The molecule has 1 aliphatic carbocycles. The molecule has 1 aromatic heterocycles. The first-order valence-electron chi connectivity index (χ1n) is 8.40. The largest absolute Gasteiger partial charge is 0.323 e. The normalized spacial score (nSPS) is 31.2. The fourth-order valence-electron chi connectivity index (χ4n) is 4.08. The quantitative estimate of drug-likeness (QED) is 0.886. The summed E-state index contributed by atoms with van der Waals surface area (Å²) in [6.45, 7) is 5.60. The molecule has 1 saturated heterocycles. The van der Waals surface area contributed by atoms with E-state index < -0.39 is 0 Å². The summed E-state index contributed by atoms with van der Waals surface area (Å²) in [4.78, 5) is 0. The minimum Gasteiger partial charge on any atom is -0.323 e. The molecule has 0 aromatic carbocycles. The Kier molecular flexibility index (Phi) is 4.35. The highest BCUT2D eigenvalue weighted by atomic mass is 15.4. The van der Waals surface area contributed by atoms with Gasteiger partial charge in [0, 0.05) is 23.5 Å². The van der Waals surface area contributed by atoms with Crippen LogP contribution < -0.4 is 10.7 Å². The van der Waals surface area contributed by atoms with E-state index in [1.165, 1.54) is 62.9 Å². The van der Waals surface area contributed by atoms with Crippen LogP contribution >= 0.6 is 0 Å². The van der Waals surface area contributed by atoms with Crippen LogP contribution in [0.3, 0.4) is 0 Å². The maximum Gasteiger partial charge on any atom is 0.0467 e. The standard InChI is InChI=1S/C17H29N3/c1-13-10-11-14(2)20(13)19-17-9-4-3-7-15(17)16-8-5-6-12-18-16/h10-11,15-19H,3-9,12H2,1-2H3. The van der Waals surface area contributed by atoms with Crippen LogP contribution in [-0.4, -0.2) is 23.3 Å². The first-order chi connectivity index (χ1) is 9.75. The van der Waals surface area contributed by atoms with Crippen molar-refractivity contribution in [3.63, 3.8) is 0 Å². The van der Waals surface area contributed by atoms with Gasteiger partial charge in [0.1, 0.15) is 0 Å². The molecular formula is C17H29N3. The molecule has 0 bridgehead atoms. The molecule has 0 spiro atoms. The summed E-state index contributed by atoms with van der Waals surface area (Å²) in [6.07, 6.45) is 9.62. The zero-order valence-corrected chi connectivity index (χ0v) is 13.0. The Hall–Kier alpha value is -0.960. The number of rotatable bonds is 3. The van der Waals surface area contributed by atoms with Crippen molar-refractivity contribution in [3.05, 3.63) is 23.5 Å². The van der Waals surface area contributed by atoms with Gasteiger partial charge in [-0.15, -0.1) is 0 Å². The summed E-state index contributed by atoms with van der Waals surface area (Å²) in [5.74, 6) is 0.797. The highest BCUT2D eigenvalue weighted by molar-refractivity contribution is 5.16. The van der Waals surface area contributed by atoms with Gasteiger partial charge in [0.15, 0.2) is 0 Å². The molecule has 1 aliphatic heterocycles. The van der Waals surface area contributed by atoms with E-state index in [9.17, 15) is 0 Å². The van der Waals surface area contributed by atoms with Crippen LogP contribution in [-0.2, 0) is 0 Å². The third-order valence-electron chi connectivity index (χ3n) is 5.25. The van der Waals surface area contributed by atoms with Gasteiger partial charge in [0.25, 0.3) is 0 Å². The number of hydrogen-bond acceptors (Lipinski definition) is 2. The molecule has 3 nitrogen and oxygen atoms in total. The molecular weight excluding hydrogens is 246 g/mol. The molecule has 3 rings (SSSR count). The van der Waals surface area contributed by atoms with Crippen molar-refractivity contribution in [1.29, 1.82) is 0 Å². The number of aromatic nitrogens is 1. The lowest BCUT2D eigenvalue weighted by atomic mass is 9.77. The summed E-state index contributed by atoms with van der Waals surface area (Å²) >= 11 is 0. The zero-order valence-electron chi connectivity index (χ0n) is 13.0. The zero-order chi connectivity index (χ0) is 13.9. The minimum absolute atomic E-state index is 0.629. The van der Waals surface area contributed by atoms with Crippen molar-refractivity contribution < 1.29 is 0 Å². The van der Waals surface area contributed by atoms with Crippen LogP contribution in [0.2, 0.25) is 0 Å². The van der Waals surface area contributed by atoms with Gasteiger partial charge in [-0.25, -0.2) is 0 Å². The van der Waals surface area contributed by atoms with E-state index in [0.717, 1.165) is 12.0 Å². The van der Waals surface area contributed by atoms with E-state index >= 15 is 0 Å². The lowest BCUT2D eigenvalue weighted by Crippen LogP contribution is -2.49. The predicted octanol–water partition coefficient (Wildman–Crippen LogP) is 3.35. The number of aryl methyl sites for hydroxylation is 2. The molecule has 0 radical (unpaired) electrons. The fourth-order valence-corrected chi connectivity index (χ4v) is 4.08. The molecule has 0 amide bonds. The average molecular weight is 275 g/mol. The first kappa shape index (κ1) is 14.0. The van der Waals surface area contributed by atoms with Crippen molar-refractivity contribution in [3.8, 4) is 0 Å². The number of hydrogen-bond donors (Lipinski definition) is 2. The molecule has 112 valence electrons. The smallest absolute Gasteiger partial charge is 0.0467 e. The first-order valence-corrected chi connectivity index (χ1v) is 8.40. The van der Waals surface area contributed by atoms with Crippen molar-refractivity contribution in [1.82, 2.24) is 9.99 Å². The van der Waals surface area contributed by atoms with E-state index in [4.69, 9.17) is 0 Å². The Morgan fingerprint density at radius 1 is 1.00 bits per heavy atom. The Balaban J connectivity index is 1.71. The maximum absolute atomic E-state index is 3.82. The van der Waals surface area contributed by atoms with Crippen molar-refractivity contribution in [2.45, 2.75) is 70.9 Å². The van der Waals surface area contributed by atoms with Gasteiger partial charge in [-0.2, -0.15) is 0 Å². The highest BCUT2D eigenvalue weighted by Crippen LogP contribution is 2.31. The minimum atomic E-state index is 0.629. The summed E-state index contributed by atoms with van der Waals surface area (Å²) in [6, 6.07) is 5.78. The topological polar surface area (TPSA) is 29.0 Å². The molecule has 20 heavy (non-hydrogen) atoms. The SMILES string of the molecule is Cc1ccc(C)n1NC1CCCCC1C1CCCCN1. The molecule has 1 saturated carbocycles. The Morgan fingerprint density at radius 2 is 1.70 bits per heavy atom. The second-order valence-electron chi connectivity index (χ2n) is 6.69. The van der Waals surface area contributed by atoms with Gasteiger partial charge in [0.2, 0.25) is 0 Å². The third kappa shape index (κ3) is 2.88. The number of nitrogens with one attached hydrogen (secondary N) is 2. The summed E-state index contributed by atoms with van der Waals surface area (Å²) in [5, 5.41) is 3.78. The van der Waals surface area contributed by atoms with Gasteiger partial charge in [-0.05, 0) is 64.1 Å². The lowest BCUT2D eigenvalue weighted by Gasteiger charge is -2.40. The van der Waals surface area contributed by atoms with Crippen LogP contribution in [0.4, 0.5) is 0 Å². The van der Waals surface area contributed by atoms with Gasteiger partial charge in [-0.3, -0.25) is 4.68 Å². The second kappa shape index (κ2) is 6.21. The third-order valence-corrected chi connectivity index (χ3v) is 5.25. The summed E-state index contributed by atoms with van der Waals surface area (Å²) < 4.78 is 2.30. The van der Waals surface area contributed by atoms with E-state index in [2.05, 4.69) is 41.4 Å². The summed E-state index contributed by atoms with van der Waals surface area (Å²) in [5.41, 5.74) is 6.47. The van der Waals surface area contributed by atoms with E-state index in [1.54, 1.807) is 0 Å². The molecule has 1 aromatic rings. The van der Waals surface area contributed by atoms with Crippen molar-refractivity contribution in [2.24, 2.45) is 5.92 Å². The number of piperidine rings is 1. The van der Waals surface area contributed by atoms with Crippen LogP contribution in [0.1, 0.15) is 56.3 Å². The Bertz CT molecular complexity index is 412. The average Bonchev–Trinajstić information content (AvgIpc) is 2.81. The van der Waals surface area contributed by atoms with Gasteiger partial charge >= 0.3 is 0 Å².